The molecule has 0 saturated heterocycles. The van der Waals surface area contributed by atoms with Crippen molar-refractivity contribution in [3.63, 3.8) is 0 Å². The molecule has 0 atom stereocenters. The van der Waals surface area contributed by atoms with Gasteiger partial charge in [0.15, 0.2) is 0 Å². The molecule has 3 rings (SSSR count). The Labute approximate surface area is 122 Å². The highest BCUT2D eigenvalue weighted by atomic mass is 32.1. The van der Waals surface area contributed by atoms with Crippen molar-refractivity contribution in [2.45, 2.75) is 6.92 Å². The molecule has 0 amide bonds. The minimum Gasteiger partial charge on any atom is -0.241 e. The van der Waals surface area contributed by atoms with Crippen molar-refractivity contribution in [2.75, 3.05) is 0 Å². The third-order valence-electron chi connectivity index (χ3n) is 3.06. The van der Waals surface area contributed by atoms with Gasteiger partial charge in [0.25, 0.3) is 0 Å². The monoisotopic (exact) mass is 276 g/mol. The Balaban J connectivity index is 2.12. The molecule has 0 bridgehead atoms. The predicted molar refractivity (Wildman–Crippen MR) is 82.4 cm³/mol. The highest BCUT2D eigenvalue weighted by Gasteiger charge is 2.12. The second kappa shape index (κ2) is 5.28. The van der Waals surface area contributed by atoms with Crippen LogP contribution in [0.3, 0.4) is 0 Å². The van der Waals surface area contributed by atoms with Crippen molar-refractivity contribution < 1.29 is 0 Å². The molecule has 0 spiro atoms. The number of aromatic nitrogens is 1. The van der Waals surface area contributed by atoms with E-state index in [1.54, 1.807) is 11.3 Å². The summed E-state index contributed by atoms with van der Waals surface area (Å²) in [6.07, 6.45) is 0. The molecule has 2 nitrogen and oxygen atoms in total. The SMILES string of the molecule is Cc1nc(-c2ccccc2)c(-c2ccc(C#N)cc2)s1. The van der Waals surface area contributed by atoms with Gasteiger partial charge < -0.3 is 0 Å². The number of hydrogen-bond acceptors (Lipinski definition) is 3. The van der Waals surface area contributed by atoms with E-state index in [1.165, 1.54) is 0 Å². The van der Waals surface area contributed by atoms with E-state index in [1.807, 2.05) is 49.4 Å². The molecule has 2 aromatic carbocycles. The van der Waals surface area contributed by atoms with Gasteiger partial charge in [-0.3, -0.25) is 0 Å². The number of nitriles is 1. The summed E-state index contributed by atoms with van der Waals surface area (Å²) in [6.45, 7) is 2.02. The predicted octanol–water partition coefficient (Wildman–Crippen LogP) is 4.66. The van der Waals surface area contributed by atoms with Crippen molar-refractivity contribution >= 4 is 11.3 Å². The Kier molecular flexibility index (Phi) is 3.32. The van der Waals surface area contributed by atoms with Crippen molar-refractivity contribution in [3.05, 3.63) is 65.2 Å². The average molecular weight is 276 g/mol. The number of nitrogens with zero attached hydrogens (tertiary/aromatic N) is 2. The molecule has 0 unspecified atom stereocenters. The van der Waals surface area contributed by atoms with Crippen LogP contribution in [-0.4, -0.2) is 4.98 Å². The zero-order valence-corrected chi connectivity index (χ0v) is 11.8. The van der Waals surface area contributed by atoms with Gasteiger partial charge in [-0.1, -0.05) is 42.5 Å². The van der Waals surface area contributed by atoms with Crippen molar-refractivity contribution in [1.82, 2.24) is 4.98 Å². The molecule has 0 N–H and O–H groups in total. The fourth-order valence-electron chi connectivity index (χ4n) is 2.11. The van der Waals surface area contributed by atoms with Crippen molar-refractivity contribution in [3.8, 4) is 27.8 Å². The van der Waals surface area contributed by atoms with Crippen LogP contribution in [0.5, 0.6) is 0 Å². The molecule has 0 aliphatic rings. The summed E-state index contributed by atoms with van der Waals surface area (Å²) in [5.41, 5.74) is 3.92. The number of aryl methyl sites for hydroxylation is 1. The molecule has 0 radical (unpaired) electrons. The van der Waals surface area contributed by atoms with E-state index >= 15 is 0 Å². The van der Waals surface area contributed by atoms with E-state index in [0.29, 0.717) is 5.56 Å². The topological polar surface area (TPSA) is 36.7 Å². The summed E-state index contributed by atoms with van der Waals surface area (Å²) >= 11 is 1.68. The number of rotatable bonds is 2. The average Bonchev–Trinajstić information content (AvgIpc) is 2.90. The summed E-state index contributed by atoms with van der Waals surface area (Å²) in [6, 6.07) is 20.0. The molecule has 20 heavy (non-hydrogen) atoms. The first kappa shape index (κ1) is 12.6. The summed E-state index contributed by atoms with van der Waals surface area (Å²) < 4.78 is 0. The van der Waals surface area contributed by atoms with E-state index in [-0.39, 0.29) is 0 Å². The molecular weight excluding hydrogens is 264 g/mol. The van der Waals surface area contributed by atoms with Gasteiger partial charge in [0.2, 0.25) is 0 Å². The molecule has 1 aromatic heterocycles. The zero-order valence-electron chi connectivity index (χ0n) is 11.0. The lowest BCUT2D eigenvalue weighted by Gasteiger charge is -2.02. The van der Waals surface area contributed by atoms with Crippen LogP contribution in [0.25, 0.3) is 21.7 Å². The molecule has 96 valence electrons. The summed E-state index contributed by atoms with van der Waals surface area (Å²) in [4.78, 5) is 5.80. The van der Waals surface area contributed by atoms with Crippen LogP contribution in [0.1, 0.15) is 10.6 Å². The molecular formula is C17H12N2S. The number of benzene rings is 2. The third-order valence-corrected chi connectivity index (χ3v) is 4.08. The molecule has 0 saturated carbocycles. The van der Waals surface area contributed by atoms with Crippen LogP contribution in [0.2, 0.25) is 0 Å². The minimum atomic E-state index is 0.677. The van der Waals surface area contributed by atoms with Gasteiger partial charge in [-0.05, 0) is 24.6 Å². The van der Waals surface area contributed by atoms with Gasteiger partial charge in [-0.15, -0.1) is 11.3 Å². The molecule has 0 fully saturated rings. The fourth-order valence-corrected chi connectivity index (χ4v) is 3.06. The first-order valence-corrected chi connectivity index (χ1v) is 7.13. The van der Waals surface area contributed by atoms with E-state index in [4.69, 9.17) is 5.26 Å². The minimum absolute atomic E-state index is 0.677. The molecule has 0 aliphatic heterocycles. The third kappa shape index (κ3) is 2.34. The van der Waals surface area contributed by atoms with E-state index in [0.717, 1.165) is 26.7 Å². The van der Waals surface area contributed by atoms with Crippen LogP contribution in [0.4, 0.5) is 0 Å². The fraction of sp³-hybridized carbons (Fsp3) is 0.0588. The molecule has 1 heterocycles. The van der Waals surface area contributed by atoms with Gasteiger partial charge in [-0.2, -0.15) is 5.26 Å². The summed E-state index contributed by atoms with van der Waals surface area (Å²) in [7, 11) is 0. The van der Waals surface area contributed by atoms with Crippen LogP contribution < -0.4 is 0 Å². The Morgan fingerprint density at radius 3 is 2.30 bits per heavy atom. The van der Waals surface area contributed by atoms with Gasteiger partial charge in [0.05, 0.1) is 27.2 Å². The quantitative estimate of drug-likeness (QED) is 0.682. The van der Waals surface area contributed by atoms with Crippen LogP contribution >= 0.6 is 11.3 Å². The Hall–Kier alpha value is -2.44. The van der Waals surface area contributed by atoms with Gasteiger partial charge in [0.1, 0.15) is 0 Å². The van der Waals surface area contributed by atoms with Gasteiger partial charge in [-0.25, -0.2) is 4.98 Å². The molecule has 0 aliphatic carbocycles. The standard InChI is InChI=1S/C17H12N2S/c1-12-19-16(14-5-3-2-4-6-14)17(20-12)15-9-7-13(11-18)8-10-15/h2-10H,1H3. The lowest BCUT2D eigenvalue weighted by atomic mass is 10.1. The normalized spacial score (nSPS) is 10.2. The Morgan fingerprint density at radius 1 is 0.950 bits per heavy atom. The van der Waals surface area contributed by atoms with Crippen molar-refractivity contribution in [1.29, 1.82) is 5.26 Å². The highest BCUT2D eigenvalue weighted by Crippen LogP contribution is 2.36. The van der Waals surface area contributed by atoms with Gasteiger partial charge >= 0.3 is 0 Å². The maximum absolute atomic E-state index is 8.88. The lowest BCUT2D eigenvalue weighted by molar-refractivity contribution is 1.30. The first-order chi connectivity index (χ1) is 9.78. The van der Waals surface area contributed by atoms with Crippen LogP contribution in [-0.2, 0) is 0 Å². The second-order valence-corrected chi connectivity index (χ2v) is 5.67. The van der Waals surface area contributed by atoms with Crippen molar-refractivity contribution in [2.24, 2.45) is 0 Å². The second-order valence-electron chi connectivity index (χ2n) is 4.47. The smallest absolute Gasteiger partial charge is 0.0991 e. The van der Waals surface area contributed by atoms with E-state index < -0.39 is 0 Å². The summed E-state index contributed by atoms with van der Waals surface area (Å²) in [5, 5.41) is 9.92. The summed E-state index contributed by atoms with van der Waals surface area (Å²) in [5.74, 6) is 0. The molecule has 3 heteroatoms. The Morgan fingerprint density at radius 2 is 1.65 bits per heavy atom. The highest BCUT2D eigenvalue weighted by molar-refractivity contribution is 7.15. The van der Waals surface area contributed by atoms with Gasteiger partial charge in [0, 0.05) is 5.56 Å². The Bertz CT molecular complexity index is 765. The maximum atomic E-state index is 8.88. The number of hydrogen-bond donors (Lipinski definition) is 0. The van der Waals surface area contributed by atoms with E-state index in [2.05, 4.69) is 23.2 Å². The lowest BCUT2D eigenvalue weighted by Crippen LogP contribution is -1.82. The molecule has 3 aromatic rings. The maximum Gasteiger partial charge on any atom is 0.0991 e. The number of thiazole rings is 1. The van der Waals surface area contributed by atoms with Crippen LogP contribution in [0, 0.1) is 18.3 Å². The zero-order chi connectivity index (χ0) is 13.9. The largest absolute Gasteiger partial charge is 0.241 e. The van der Waals surface area contributed by atoms with E-state index in [9.17, 15) is 0 Å². The first-order valence-electron chi connectivity index (χ1n) is 6.31. The van der Waals surface area contributed by atoms with Crippen LogP contribution in [0.15, 0.2) is 54.6 Å².